The molecule has 1 N–H and O–H groups in total. The van der Waals surface area contributed by atoms with Crippen molar-refractivity contribution in [1.82, 2.24) is 30.1 Å². The molecule has 9 heteroatoms. The standard InChI is InChI=1S/C29H30N6O3/c1-20-8-5-11-22-16-25(29(36)30-26(20)22)27(28-31-32-33-35(28)19-24-13-7-15-38-24)34(18-23-12-6-14-37-23)17-21-9-3-2-4-10-21/h2-6,8-12,14,16,24,27H,7,13,15,17-19H2,1H3,(H,30,36). The van der Waals surface area contributed by atoms with Crippen molar-refractivity contribution in [3.05, 3.63) is 112 Å². The summed E-state index contributed by atoms with van der Waals surface area (Å²) in [6.07, 6.45) is 3.69. The second-order valence-corrected chi connectivity index (χ2v) is 9.82. The molecule has 1 aliphatic heterocycles. The Bertz CT molecular complexity index is 1550. The van der Waals surface area contributed by atoms with Gasteiger partial charge in [-0.3, -0.25) is 9.69 Å². The Morgan fingerprint density at radius 3 is 2.79 bits per heavy atom. The van der Waals surface area contributed by atoms with Crippen LogP contribution in [-0.4, -0.2) is 42.8 Å². The van der Waals surface area contributed by atoms with Crippen LogP contribution < -0.4 is 5.56 Å². The van der Waals surface area contributed by atoms with Gasteiger partial charge in [0.15, 0.2) is 5.82 Å². The molecule has 9 nitrogen and oxygen atoms in total. The summed E-state index contributed by atoms with van der Waals surface area (Å²) in [5.41, 5.74) is 3.37. The number of fused-ring (bicyclic) bond motifs is 1. The quantitative estimate of drug-likeness (QED) is 0.314. The average molecular weight is 511 g/mol. The molecule has 0 spiro atoms. The van der Waals surface area contributed by atoms with Gasteiger partial charge in [0.2, 0.25) is 0 Å². The summed E-state index contributed by atoms with van der Waals surface area (Å²) in [5, 5.41) is 13.8. The van der Waals surface area contributed by atoms with Crippen molar-refractivity contribution in [2.75, 3.05) is 6.61 Å². The summed E-state index contributed by atoms with van der Waals surface area (Å²) < 4.78 is 13.4. The van der Waals surface area contributed by atoms with Crippen molar-refractivity contribution < 1.29 is 9.15 Å². The van der Waals surface area contributed by atoms with Crippen LogP contribution in [0.5, 0.6) is 0 Å². The lowest BCUT2D eigenvalue weighted by atomic mass is 10.0. The molecule has 0 bridgehead atoms. The SMILES string of the molecule is Cc1cccc2cc(C(c3nnnn3CC3CCCO3)N(Cc3ccccc3)Cc3ccco3)c(=O)[nH]c12. The van der Waals surface area contributed by atoms with Crippen molar-refractivity contribution in [2.24, 2.45) is 0 Å². The monoisotopic (exact) mass is 510 g/mol. The molecule has 1 saturated heterocycles. The van der Waals surface area contributed by atoms with E-state index in [-0.39, 0.29) is 11.7 Å². The number of H-pyrrole nitrogens is 1. The van der Waals surface area contributed by atoms with Gasteiger partial charge < -0.3 is 14.1 Å². The Labute approximate surface area is 220 Å². The number of hydrogen-bond acceptors (Lipinski definition) is 7. The lowest BCUT2D eigenvalue weighted by Crippen LogP contribution is -2.35. The molecule has 5 aromatic rings. The van der Waals surface area contributed by atoms with Crippen LogP contribution in [0.15, 0.2) is 82.2 Å². The maximum Gasteiger partial charge on any atom is 0.253 e. The number of aromatic nitrogens is 5. The molecule has 1 aliphatic rings. The molecule has 0 radical (unpaired) electrons. The Morgan fingerprint density at radius 1 is 1.11 bits per heavy atom. The largest absolute Gasteiger partial charge is 0.468 e. The number of para-hydroxylation sites is 1. The van der Waals surface area contributed by atoms with Crippen molar-refractivity contribution >= 4 is 10.9 Å². The molecule has 0 aliphatic carbocycles. The van der Waals surface area contributed by atoms with Crippen LogP contribution in [0.25, 0.3) is 10.9 Å². The second-order valence-electron chi connectivity index (χ2n) is 9.82. The number of pyridine rings is 1. The van der Waals surface area contributed by atoms with Gasteiger partial charge in [0, 0.05) is 18.7 Å². The van der Waals surface area contributed by atoms with Gasteiger partial charge in [-0.25, -0.2) is 4.68 Å². The minimum absolute atomic E-state index is 0.0445. The van der Waals surface area contributed by atoms with Gasteiger partial charge >= 0.3 is 0 Å². The highest BCUT2D eigenvalue weighted by molar-refractivity contribution is 5.82. The first-order valence-corrected chi connectivity index (χ1v) is 13.0. The highest BCUT2D eigenvalue weighted by atomic mass is 16.5. The molecule has 2 atom stereocenters. The van der Waals surface area contributed by atoms with Crippen LogP contribution in [0.4, 0.5) is 0 Å². The molecule has 0 amide bonds. The molecule has 194 valence electrons. The third-order valence-electron chi connectivity index (χ3n) is 7.15. The molecule has 6 rings (SSSR count). The number of nitrogens with one attached hydrogen (secondary N) is 1. The zero-order chi connectivity index (χ0) is 25.9. The normalized spacial score (nSPS) is 16.4. The van der Waals surface area contributed by atoms with E-state index >= 15 is 0 Å². The van der Waals surface area contributed by atoms with Gasteiger partial charge in [-0.1, -0.05) is 48.5 Å². The highest BCUT2D eigenvalue weighted by Crippen LogP contribution is 2.31. The van der Waals surface area contributed by atoms with Gasteiger partial charge in [-0.15, -0.1) is 5.10 Å². The van der Waals surface area contributed by atoms with E-state index in [1.54, 1.807) is 10.9 Å². The van der Waals surface area contributed by atoms with Crippen LogP contribution in [0, 0.1) is 6.92 Å². The molecule has 1 fully saturated rings. The van der Waals surface area contributed by atoms with Crippen LogP contribution in [0.2, 0.25) is 0 Å². The van der Waals surface area contributed by atoms with Crippen LogP contribution in [0.3, 0.4) is 0 Å². The number of ether oxygens (including phenoxy) is 1. The maximum atomic E-state index is 13.7. The molecule has 2 unspecified atom stereocenters. The van der Waals surface area contributed by atoms with E-state index in [9.17, 15) is 4.79 Å². The minimum Gasteiger partial charge on any atom is -0.468 e. The number of rotatable bonds is 9. The summed E-state index contributed by atoms with van der Waals surface area (Å²) in [7, 11) is 0. The Hall–Kier alpha value is -4.08. The molecule has 0 saturated carbocycles. The topological polar surface area (TPSA) is 102 Å². The fourth-order valence-electron chi connectivity index (χ4n) is 5.28. The zero-order valence-corrected chi connectivity index (χ0v) is 21.3. The molecule has 38 heavy (non-hydrogen) atoms. The Morgan fingerprint density at radius 2 is 2.00 bits per heavy atom. The van der Waals surface area contributed by atoms with Crippen LogP contribution in [-0.2, 0) is 24.4 Å². The van der Waals surface area contributed by atoms with E-state index in [4.69, 9.17) is 9.15 Å². The van der Waals surface area contributed by atoms with Crippen LogP contribution in [0.1, 0.15) is 47.2 Å². The summed E-state index contributed by atoms with van der Waals surface area (Å²) in [6, 6.07) is 21.4. The number of furan rings is 1. The highest BCUT2D eigenvalue weighted by Gasteiger charge is 2.32. The number of tetrazole rings is 1. The summed E-state index contributed by atoms with van der Waals surface area (Å²) >= 11 is 0. The van der Waals surface area contributed by atoms with Gasteiger partial charge in [0.1, 0.15) is 11.8 Å². The fraction of sp³-hybridized carbons (Fsp3) is 0.310. The van der Waals surface area contributed by atoms with E-state index in [2.05, 4.69) is 37.5 Å². The predicted molar refractivity (Wildman–Crippen MR) is 142 cm³/mol. The minimum atomic E-state index is -0.537. The Kier molecular flexibility index (Phi) is 6.85. The third kappa shape index (κ3) is 5.03. The van der Waals surface area contributed by atoms with E-state index in [1.807, 2.05) is 61.5 Å². The first-order valence-electron chi connectivity index (χ1n) is 13.0. The number of nitrogens with zero attached hydrogens (tertiary/aromatic N) is 5. The maximum absolute atomic E-state index is 13.7. The lowest BCUT2D eigenvalue weighted by Gasteiger charge is -2.30. The van der Waals surface area contributed by atoms with Gasteiger partial charge in [-0.05, 0) is 64.9 Å². The molecule has 4 heterocycles. The fourth-order valence-corrected chi connectivity index (χ4v) is 5.28. The van der Waals surface area contributed by atoms with E-state index in [0.29, 0.717) is 31.0 Å². The number of aryl methyl sites for hydroxylation is 1. The molecular formula is C29H30N6O3. The predicted octanol–water partition coefficient (Wildman–Crippen LogP) is 4.39. The van der Waals surface area contributed by atoms with E-state index in [1.165, 1.54) is 0 Å². The second kappa shape index (κ2) is 10.7. The average Bonchev–Trinajstić information content (AvgIpc) is 3.71. The molecule has 2 aromatic carbocycles. The van der Waals surface area contributed by atoms with Gasteiger partial charge in [0.05, 0.1) is 31.0 Å². The molecule has 3 aromatic heterocycles. The number of aromatic amines is 1. The lowest BCUT2D eigenvalue weighted by molar-refractivity contribution is 0.0901. The smallest absolute Gasteiger partial charge is 0.253 e. The van der Waals surface area contributed by atoms with E-state index in [0.717, 1.165) is 47.2 Å². The van der Waals surface area contributed by atoms with Crippen molar-refractivity contribution in [3.8, 4) is 0 Å². The number of benzene rings is 2. The number of hydrogen-bond donors (Lipinski definition) is 1. The summed E-state index contributed by atoms with van der Waals surface area (Å²) in [6.45, 7) is 4.29. The Balaban J connectivity index is 1.50. The van der Waals surface area contributed by atoms with Crippen molar-refractivity contribution in [2.45, 2.75) is 51.5 Å². The first-order chi connectivity index (χ1) is 18.7. The third-order valence-corrected chi connectivity index (χ3v) is 7.15. The van der Waals surface area contributed by atoms with Crippen molar-refractivity contribution in [1.29, 1.82) is 0 Å². The van der Waals surface area contributed by atoms with Crippen molar-refractivity contribution in [3.63, 3.8) is 0 Å². The van der Waals surface area contributed by atoms with Gasteiger partial charge in [-0.2, -0.15) is 0 Å². The van der Waals surface area contributed by atoms with Crippen LogP contribution >= 0.6 is 0 Å². The summed E-state index contributed by atoms with van der Waals surface area (Å²) in [5.74, 6) is 1.39. The van der Waals surface area contributed by atoms with E-state index < -0.39 is 6.04 Å². The van der Waals surface area contributed by atoms with Gasteiger partial charge in [0.25, 0.3) is 5.56 Å². The first kappa shape index (κ1) is 24.3. The molecular weight excluding hydrogens is 480 g/mol. The zero-order valence-electron chi connectivity index (χ0n) is 21.3. The summed E-state index contributed by atoms with van der Waals surface area (Å²) in [4.78, 5) is 19.1.